The summed E-state index contributed by atoms with van der Waals surface area (Å²) in [5, 5.41) is 2.24. The third kappa shape index (κ3) is 2.39. The predicted molar refractivity (Wildman–Crippen MR) is 87.7 cm³/mol. The molecule has 0 bridgehead atoms. The van der Waals surface area contributed by atoms with Crippen molar-refractivity contribution in [3.63, 3.8) is 0 Å². The summed E-state index contributed by atoms with van der Waals surface area (Å²) in [6.07, 6.45) is 0. The highest BCUT2D eigenvalue weighted by Gasteiger charge is 2.15. The first-order chi connectivity index (χ1) is 10.2. The van der Waals surface area contributed by atoms with Crippen LogP contribution in [0.15, 0.2) is 60.7 Å². The van der Waals surface area contributed by atoms with E-state index in [0.29, 0.717) is 0 Å². The van der Waals surface area contributed by atoms with Gasteiger partial charge in [0.05, 0.1) is 13.2 Å². The topological polar surface area (TPSA) is 35.2 Å². The van der Waals surface area contributed by atoms with E-state index >= 15 is 0 Å². The molecule has 0 heterocycles. The molecule has 1 atom stereocenters. The first-order valence-electron chi connectivity index (χ1n) is 7.09. The second-order valence-corrected chi connectivity index (χ2v) is 5.24. The van der Waals surface area contributed by atoms with Crippen LogP contribution in [0.1, 0.15) is 22.7 Å². The molecule has 0 spiro atoms. The van der Waals surface area contributed by atoms with Crippen molar-refractivity contribution >= 4 is 10.8 Å². The zero-order chi connectivity index (χ0) is 14.8. The van der Waals surface area contributed by atoms with Crippen molar-refractivity contribution in [2.24, 2.45) is 5.73 Å². The average molecular weight is 277 g/mol. The SMILES string of the molecule is COc1ccc(C(N)c2ccccc2C)c2ccccc12. The molecular weight excluding hydrogens is 258 g/mol. The van der Waals surface area contributed by atoms with Gasteiger partial charge in [0.1, 0.15) is 5.75 Å². The van der Waals surface area contributed by atoms with E-state index in [1.165, 1.54) is 5.56 Å². The highest BCUT2D eigenvalue weighted by atomic mass is 16.5. The first kappa shape index (κ1) is 13.7. The molecule has 2 nitrogen and oxygen atoms in total. The van der Waals surface area contributed by atoms with Gasteiger partial charge in [-0.1, -0.05) is 54.6 Å². The van der Waals surface area contributed by atoms with Crippen LogP contribution in [0.4, 0.5) is 0 Å². The van der Waals surface area contributed by atoms with Gasteiger partial charge in [-0.15, -0.1) is 0 Å². The van der Waals surface area contributed by atoms with E-state index in [1.807, 2.05) is 30.3 Å². The summed E-state index contributed by atoms with van der Waals surface area (Å²) in [4.78, 5) is 0. The first-order valence-corrected chi connectivity index (χ1v) is 7.09. The van der Waals surface area contributed by atoms with Crippen LogP contribution in [0.5, 0.6) is 5.75 Å². The maximum atomic E-state index is 6.53. The minimum atomic E-state index is -0.137. The molecule has 0 saturated carbocycles. The predicted octanol–water partition coefficient (Wildman–Crippen LogP) is 4.20. The second-order valence-electron chi connectivity index (χ2n) is 5.24. The van der Waals surface area contributed by atoms with Crippen molar-refractivity contribution in [1.82, 2.24) is 0 Å². The van der Waals surface area contributed by atoms with Gasteiger partial charge in [0, 0.05) is 5.39 Å². The van der Waals surface area contributed by atoms with Crippen molar-refractivity contribution in [2.75, 3.05) is 7.11 Å². The molecule has 0 aromatic heterocycles. The molecule has 0 amide bonds. The van der Waals surface area contributed by atoms with Crippen LogP contribution < -0.4 is 10.5 Å². The lowest BCUT2D eigenvalue weighted by Gasteiger charge is -2.18. The standard InChI is InChI=1S/C19H19NO/c1-13-7-3-4-8-14(13)19(20)17-11-12-18(21-2)16-10-6-5-9-15(16)17/h3-12,19H,20H2,1-2H3. The molecule has 0 radical (unpaired) electrons. The Labute approximate surface area is 125 Å². The normalized spacial score (nSPS) is 12.3. The summed E-state index contributed by atoms with van der Waals surface area (Å²) in [6, 6.07) is 20.4. The van der Waals surface area contributed by atoms with Gasteiger partial charge in [-0.2, -0.15) is 0 Å². The number of nitrogens with two attached hydrogens (primary N) is 1. The Morgan fingerprint density at radius 2 is 1.48 bits per heavy atom. The van der Waals surface area contributed by atoms with Crippen molar-refractivity contribution in [3.05, 3.63) is 77.4 Å². The third-order valence-electron chi connectivity index (χ3n) is 4.00. The van der Waals surface area contributed by atoms with Crippen LogP contribution in [0.3, 0.4) is 0 Å². The number of fused-ring (bicyclic) bond motifs is 1. The lowest BCUT2D eigenvalue weighted by Crippen LogP contribution is -2.13. The van der Waals surface area contributed by atoms with Crippen LogP contribution in [-0.4, -0.2) is 7.11 Å². The minimum Gasteiger partial charge on any atom is -0.496 e. The Kier molecular flexibility index (Phi) is 3.63. The van der Waals surface area contributed by atoms with Crippen molar-refractivity contribution in [2.45, 2.75) is 13.0 Å². The summed E-state index contributed by atoms with van der Waals surface area (Å²) in [6.45, 7) is 2.10. The Hall–Kier alpha value is -2.32. The number of ether oxygens (including phenoxy) is 1. The Morgan fingerprint density at radius 1 is 0.810 bits per heavy atom. The fourth-order valence-corrected chi connectivity index (χ4v) is 2.85. The molecule has 1 unspecified atom stereocenters. The smallest absolute Gasteiger partial charge is 0.126 e. The van der Waals surface area contributed by atoms with Crippen LogP contribution in [0, 0.1) is 6.92 Å². The van der Waals surface area contributed by atoms with Crippen LogP contribution in [0.2, 0.25) is 0 Å². The molecule has 0 aliphatic carbocycles. The summed E-state index contributed by atoms with van der Waals surface area (Å²) in [5.41, 5.74) is 10.0. The molecule has 0 fully saturated rings. The number of rotatable bonds is 3. The number of aryl methyl sites for hydroxylation is 1. The molecule has 21 heavy (non-hydrogen) atoms. The monoisotopic (exact) mass is 277 g/mol. The molecular formula is C19H19NO. The summed E-state index contributed by atoms with van der Waals surface area (Å²) >= 11 is 0. The quantitative estimate of drug-likeness (QED) is 0.778. The zero-order valence-corrected chi connectivity index (χ0v) is 12.3. The fourth-order valence-electron chi connectivity index (χ4n) is 2.85. The van der Waals surface area contributed by atoms with E-state index in [-0.39, 0.29) is 6.04 Å². The van der Waals surface area contributed by atoms with Crippen LogP contribution in [0.25, 0.3) is 10.8 Å². The van der Waals surface area contributed by atoms with Gasteiger partial charge in [-0.3, -0.25) is 0 Å². The van der Waals surface area contributed by atoms with Gasteiger partial charge in [-0.05, 0) is 35.1 Å². The molecule has 106 valence electrons. The van der Waals surface area contributed by atoms with Gasteiger partial charge in [0.2, 0.25) is 0 Å². The highest BCUT2D eigenvalue weighted by Crippen LogP contribution is 2.33. The molecule has 0 saturated heterocycles. The largest absolute Gasteiger partial charge is 0.496 e. The van der Waals surface area contributed by atoms with E-state index in [9.17, 15) is 0 Å². The molecule has 3 rings (SSSR count). The maximum absolute atomic E-state index is 6.53. The van der Waals surface area contributed by atoms with Gasteiger partial charge in [-0.25, -0.2) is 0 Å². The van der Waals surface area contributed by atoms with Crippen molar-refractivity contribution in [3.8, 4) is 5.75 Å². The molecule has 3 aromatic rings. The average Bonchev–Trinajstić information content (AvgIpc) is 2.53. The Bertz CT molecular complexity index is 779. The lowest BCUT2D eigenvalue weighted by molar-refractivity contribution is 0.419. The van der Waals surface area contributed by atoms with E-state index in [4.69, 9.17) is 10.5 Å². The van der Waals surface area contributed by atoms with Gasteiger partial charge in [0.25, 0.3) is 0 Å². The third-order valence-corrected chi connectivity index (χ3v) is 4.00. The maximum Gasteiger partial charge on any atom is 0.126 e. The van der Waals surface area contributed by atoms with Crippen molar-refractivity contribution < 1.29 is 4.74 Å². The Balaban J connectivity index is 2.19. The van der Waals surface area contributed by atoms with E-state index in [0.717, 1.165) is 27.6 Å². The second kappa shape index (κ2) is 5.58. The fraction of sp³-hybridized carbons (Fsp3) is 0.158. The summed E-state index contributed by atoms with van der Waals surface area (Å²) in [5.74, 6) is 0.881. The molecule has 3 aromatic carbocycles. The number of methoxy groups -OCH3 is 1. The summed E-state index contributed by atoms with van der Waals surface area (Å²) in [7, 11) is 1.70. The number of hydrogen-bond acceptors (Lipinski definition) is 2. The molecule has 2 heteroatoms. The van der Waals surface area contributed by atoms with Gasteiger partial charge < -0.3 is 10.5 Å². The summed E-state index contributed by atoms with van der Waals surface area (Å²) < 4.78 is 5.45. The number of hydrogen-bond donors (Lipinski definition) is 1. The Morgan fingerprint density at radius 3 is 2.19 bits per heavy atom. The molecule has 0 aliphatic rings. The van der Waals surface area contributed by atoms with Gasteiger partial charge >= 0.3 is 0 Å². The number of benzene rings is 3. The van der Waals surface area contributed by atoms with E-state index in [1.54, 1.807) is 7.11 Å². The zero-order valence-electron chi connectivity index (χ0n) is 12.3. The van der Waals surface area contributed by atoms with Gasteiger partial charge in [0.15, 0.2) is 0 Å². The van der Waals surface area contributed by atoms with Crippen LogP contribution in [-0.2, 0) is 0 Å². The van der Waals surface area contributed by atoms with E-state index in [2.05, 4.69) is 37.3 Å². The van der Waals surface area contributed by atoms with Crippen molar-refractivity contribution in [1.29, 1.82) is 0 Å². The van der Waals surface area contributed by atoms with Crippen LogP contribution >= 0.6 is 0 Å². The lowest BCUT2D eigenvalue weighted by atomic mass is 9.92. The molecule has 0 aliphatic heterocycles. The molecule has 2 N–H and O–H groups in total. The van der Waals surface area contributed by atoms with E-state index < -0.39 is 0 Å². The minimum absolute atomic E-state index is 0.137. The highest BCUT2D eigenvalue weighted by molar-refractivity contribution is 5.91.